The van der Waals surface area contributed by atoms with Crippen LogP contribution in [0.5, 0.6) is 17.2 Å². The van der Waals surface area contributed by atoms with Crippen molar-refractivity contribution >= 4 is 16.9 Å². The van der Waals surface area contributed by atoms with Gasteiger partial charge >= 0.3 is 11.6 Å². The summed E-state index contributed by atoms with van der Waals surface area (Å²) in [5, 5.41) is 0.619. The number of carbonyl (C=O) groups is 1. The molecular weight excluding hydrogens is 448 g/mol. The number of rotatable bonds is 7. The second-order valence-corrected chi connectivity index (χ2v) is 8.08. The van der Waals surface area contributed by atoms with Gasteiger partial charge in [0.2, 0.25) is 6.10 Å². The van der Waals surface area contributed by atoms with Gasteiger partial charge < -0.3 is 23.4 Å². The van der Waals surface area contributed by atoms with Gasteiger partial charge in [-0.2, -0.15) is 0 Å². The molecule has 1 aliphatic rings. The summed E-state index contributed by atoms with van der Waals surface area (Å²) in [5.74, 6) is 0.0583. The summed E-state index contributed by atoms with van der Waals surface area (Å²) in [6.07, 6.45) is -1.04. The van der Waals surface area contributed by atoms with Crippen LogP contribution in [0.2, 0.25) is 0 Å². The third-order valence-electron chi connectivity index (χ3n) is 5.96. The van der Waals surface area contributed by atoms with Gasteiger partial charge in [-0.15, -0.1) is 0 Å². The van der Waals surface area contributed by atoms with Gasteiger partial charge in [-0.3, -0.25) is 0 Å². The van der Waals surface area contributed by atoms with Gasteiger partial charge in [-0.05, 0) is 42.3 Å². The Morgan fingerprint density at radius 2 is 1.74 bits per heavy atom. The highest BCUT2D eigenvalue weighted by molar-refractivity contribution is 5.88. The number of hydrogen-bond donors (Lipinski definition) is 0. The van der Waals surface area contributed by atoms with Crippen LogP contribution < -0.4 is 19.8 Å². The first-order valence-electron chi connectivity index (χ1n) is 11.3. The zero-order valence-electron chi connectivity index (χ0n) is 19.4. The van der Waals surface area contributed by atoms with Gasteiger partial charge in [0.15, 0.2) is 11.5 Å². The summed E-state index contributed by atoms with van der Waals surface area (Å²) < 4.78 is 28.5. The molecule has 0 fully saturated rings. The first-order chi connectivity index (χ1) is 17.1. The summed E-state index contributed by atoms with van der Waals surface area (Å²) in [7, 11) is 1.54. The lowest BCUT2D eigenvalue weighted by Gasteiger charge is -2.19. The van der Waals surface area contributed by atoms with Crippen LogP contribution in [0.15, 0.2) is 82.0 Å². The van der Waals surface area contributed by atoms with Crippen LogP contribution >= 0.6 is 0 Å². The van der Waals surface area contributed by atoms with Crippen molar-refractivity contribution in [3.63, 3.8) is 0 Å². The number of para-hydroxylation sites is 1. The Bertz CT molecular complexity index is 1420. The minimum absolute atomic E-state index is 0.187. The molecule has 178 valence electrons. The molecule has 1 aromatic heterocycles. The summed E-state index contributed by atoms with van der Waals surface area (Å²) in [6, 6.07) is 22.2. The van der Waals surface area contributed by atoms with Gasteiger partial charge in [0, 0.05) is 0 Å². The topological polar surface area (TPSA) is 84.2 Å². The summed E-state index contributed by atoms with van der Waals surface area (Å²) in [5.41, 5.74) is 1.78. The van der Waals surface area contributed by atoms with Crippen LogP contribution in [-0.2, 0) is 16.1 Å². The highest BCUT2D eigenvalue weighted by Gasteiger charge is 2.45. The van der Waals surface area contributed by atoms with Crippen molar-refractivity contribution in [2.75, 3.05) is 13.7 Å². The quantitative estimate of drug-likeness (QED) is 0.281. The number of carbonyl (C=O) groups excluding carboxylic acids is 1. The van der Waals surface area contributed by atoms with E-state index in [1.54, 1.807) is 43.3 Å². The van der Waals surface area contributed by atoms with Crippen molar-refractivity contribution in [3.8, 4) is 17.2 Å². The van der Waals surface area contributed by atoms with Crippen molar-refractivity contribution in [1.29, 1.82) is 0 Å². The molecule has 2 heterocycles. The van der Waals surface area contributed by atoms with E-state index in [1.165, 1.54) is 7.11 Å². The highest BCUT2D eigenvalue weighted by atomic mass is 16.6. The molecule has 0 amide bonds. The summed E-state index contributed by atoms with van der Waals surface area (Å²) >= 11 is 0. The predicted octanol–water partition coefficient (Wildman–Crippen LogP) is 4.84. The SMILES string of the molecule is CCOC(=O)[C@H]1Oc2c(c(=O)oc3ccccc23)[C@@H]1c1ccc(OCc2ccccc2)c(OC)c1. The molecule has 1 aliphatic heterocycles. The normalized spacial score (nSPS) is 16.4. The lowest BCUT2D eigenvalue weighted by molar-refractivity contribution is -0.151. The Morgan fingerprint density at radius 1 is 0.971 bits per heavy atom. The molecule has 3 aromatic carbocycles. The van der Waals surface area contributed by atoms with Gasteiger partial charge in [0.1, 0.15) is 17.9 Å². The maximum Gasteiger partial charge on any atom is 0.348 e. The number of methoxy groups -OCH3 is 1. The highest BCUT2D eigenvalue weighted by Crippen LogP contribution is 2.46. The Kier molecular flexibility index (Phi) is 6.14. The monoisotopic (exact) mass is 472 g/mol. The lowest BCUT2D eigenvalue weighted by atomic mass is 9.88. The maximum atomic E-state index is 13.1. The van der Waals surface area contributed by atoms with Crippen LogP contribution in [-0.4, -0.2) is 25.8 Å². The minimum Gasteiger partial charge on any atom is -0.493 e. The van der Waals surface area contributed by atoms with E-state index in [-0.39, 0.29) is 12.2 Å². The molecule has 2 atom stereocenters. The average Bonchev–Trinajstić information content (AvgIpc) is 3.30. The van der Waals surface area contributed by atoms with Crippen molar-refractivity contribution in [2.24, 2.45) is 0 Å². The molecule has 0 aliphatic carbocycles. The Labute approximate surface area is 201 Å². The van der Waals surface area contributed by atoms with E-state index in [0.29, 0.717) is 40.4 Å². The van der Waals surface area contributed by atoms with Gasteiger partial charge in [-0.1, -0.05) is 48.5 Å². The summed E-state index contributed by atoms with van der Waals surface area (Å²) in [6.45, 7) is 2.28. The van der Waals surface area contributed by atoms with Crippen LogP contribution in [0.25, 0.3) is 11.0 Å². The third kappa shape index (κ3) is 4.21. The van der Waals surface area contributed by atoms with Gasteiger partial charge in [-0.25, -0.2) is 9.59 Å². The van der Waals surface area contributed by atoms with E-state index in [1.807, 2.05) is 36.4 Å². The van der Waals surface area contributed by atoms with Crippen molar-refractivity contribution in [1.82, 2.24) is 0 Å². The average molecular weight is 472 g/mol. The number of hydrogen-bond acceptors (Lipinski definition) is 7. The zero-order chi connectivity index (χ0) is 24.4. The fraction of sp³-hybridized carbons (Fsp3) is 0.214. The molecule has 5 rings (SSSR count). The number of fused-ring (bicyclic) bond motifs is 3. The molecule has 0 spiro atoms. The number of esters is 1. The molecule has 0 saturated heterocycles. The van der Waals surface area contributed by atoms with Gasteiger partial charge in [0.25, 0.3) is 0 Å². The molecule has 0 unspecified atom stereocenters. The maximum absolute atomic E-state index is 13.1. The molecule has 35 heavy (non-hydrogen) atoms. The fourth-order valence-electron chi connectivity index (χ4n) is 4.36. The fourth-order valence-corrected chi connectivity index (χ4v) is 4.36. The van der Waals surface area contributed by atoms with E-state index in [9.17, 15) is 9.59 Å². The van der Waals surface area contributed by atoms with E-state index in [0.717, 1.165) is 5.56 Å². The number of benzene rings is 3. The summed E-state index contributed by atoms with van der Waals surface area (Å²) in [4.78, 5) is 26.0. The molecule has 7 nitrogen and oxygen atoms in total. The van der Waals surface area contributed by atoms with Crippen molar-refractivity contribution in [3.05, 3.63) is 99.9 Å². The largest absolute Gasteiger partial charge is 0.493 e. The molecular formula is C28H24O7. The molecule has 0 radical (unpaired) electrons. The first-order valence-corrected chi connectivity index (χ1v) is 11.3. The predicted molar refractivity (Wildman–Crippen MR) is 129 cm³/mol. The third-order valence-corrected chi connectivity index (χ3v) is 5.96. The van der Waals surface area contributed by atoms with E-state index < -0.39 is 23.6 Å². The van der Waals surface area contributed by atoms with E-state index in [2.05, 4.69) is 0 Å². The second-order valence-electron chi connectivity index (χ2n) is 8.08. The molecule has 7 heteroatoms. The lowest BCUT2D eigenvalue weighted by Crippen LogP contribution is -2.32. The van der Waals surface area contributed by atoms with Crippen LogP contribution in [0, 0.1) is 0 Å². The first kappa shape index (κ1) is 22.5. The molecule has 4 aromatic rings. The smallest absolute Gasteiger partial charge is 0.348 e. The molecule has 0 bridgehead atoms. The molecule has 0 N–H and O–H groups in total. The van der Waals surface area contributed by atoms with Crippen LogP contribution in [0.3, 0.4) is 0 Å². The van der Waals surface area contributed by atoms with Crippen LogP contribution in [0.4, 0.5) is 0 Å². The standard InChI is InChI=1S/C28H24O7/c1-3-32-28(30)26-23(24-25(35-26)19-11-7-8-12-20(19)34-27(24)29)18-13-14-21(22(15-18)31-2)33-16-17-9-5-4-6-10-17/h4-15,23,26H,3,16H2,1-2H3/t23-,26-/m0/s1. The number of ether oxygens (including phenoxy) is 4. The Hall–Kier alpha value is -4.26. The zero-order valence-corrected chi connectivity index (χ0v) is 19.4. The van der Waals surface area contributed by atoms with E-state index >= 15 is 0 Å². The minimum atomic E-state index is -1.04. The van der Waals surface area contributed by atoms with Crippen LogP contribution in [0.1, 0.15) is 29.5 Å². The van der Waals surface area contributed by atoms with Crippen molar-refractivity contribution in [2.45, 2.75) is 25.6 Å². The Morgan fingerprint density at radius 3 is 2.51 bits per heavy atom. The van der Waals surface area contributed by atoms with Crippen molar-refractivity contribution < 1.29 is 28.2 Å². The second kappa shape index (κ2) is 9.54. The Balaban J connectivity index is 1.57. The van der Waals surface area contributed by atoms with E-state index in [4.69, 9.17) is 23.4 Å². The molecule has 0 saturated carbocycles. The van der Waals surface area contributed by atoms with Gasteiger partial charge in [0.05, 0.1) is 30.6 Å².